The molecule has 0 aliphatic carbocycles. The Morgan fingerprint density at radius 3 is 2.62 bits per heavy atom. The van der Waals surface area contributed by atoms with Crippen LogP contribution in [0.2, 0.25) is 0 Å². The van der Waals surface area contributed by atoms with Crippen LogP contribution in [0.3, 0.4) is 0 Å². The maximum absolute atomic E-state index is 9.46. The molecule has 5 nitrogen and oxygen atoms in total. The third-order valence-electron chi connectivity index (χ3n) is 4.02. The van der Waals surface area contributed by atoms with Crippen molar-refractivity contribution in [3.8, 4) is 28.5 Å². The number of aromatic nitrogens is 3. The van der Waals surface area contributed by atoms with Crippen molar-refractivity contribution >= 4 is 16.7 Å². The zero-order valence-electron chi connectivity index (χ0n) is 12.7. The SMILES string of the molecule is N#Cc1c(-c2ccncc2)cc(-c2c[nH]c3ccccc23)nc1N. The summed E-state index contributed by atoms with van der Waals surface area (Å²) in [5, 5.41) is 10.5. The van der Waals surface area contributed by atoms with Crippen LogP contribution in [-0.2, 0) is 0 Å². The van der Waals surface area contributed by atoms with Crippen LogP contribution >= 0.6 is 0 Å². The van der Waals surface area contributed by atoms with Gasteiger partial charge in [0.05, 0.1) is 5.69 Å². The van der Waals surface area contributed by atoms with Gasteiger partial charge in [-0.15, -0.1) is 0 Å². The number of anilines is 1. The Labute approximate surface area is 138 Å². The first-order chi connectivity index (χ1) is 11.8. The van der Waals surface area contributed by atoms with Gasteiger partial charge in [0.2, 0.25) is 0 Å². The fraction of sp³-hybridized carbons (Fsp3) is 0. The van der Waals surface area contributed by atoms with Gasteiger partial charge in [-0.3, -0.25) is 4.98 Å². The molecule has 0 fully saturated rings. The molecule has 0 amide bonds. The van der Waals surface area contributed by atoms with Crippen molar-refractivity contribution in [3.05, 3.63) is 66.6 Å². The molecule has 4 aromatic rings. The van der Waals surface area contributed by atoms with Gasteiger partial charge in [-0.2, -0.15) is 5.26 Å². The third-order valence-corrected chi connectivity index (χ3v) is 4.02. The minimum Gasteiger partial charge on any atom is -0.383 e. The lowest BCUT2D eigenvalue weighted by Gasteiger charge is -2.09. The molecule has 0 saturated carbocycles. The van der Waals surface area contributed by atoms with Gasteiger partial charge in [-0.1, -0.05) is 18.2 Å². The molecule has 114 valence electrons. The Kier molecular flexibility index (Phi) is 3.22. The molecule has 0 atom stereocenters. The van der Waals surface area contributed by atoms with Crippen molar-refractivity contribution in [1.29, 1.82) is 5.26 Å². The van der Waals surface area contributed by atoms with E-state index in [1.54, 1.807) is 12.4 Å². The highest BCUT2D eigenvalue weighted by molar-refractivity contribution is 5.96. The Balaban J connectivity index is 1.98. The van der Waals surface area contributed by atoms with Crippen LogP contribution < -0.4 is 5.73 Å². The summed E-state index contributed by atoms with van der Waals surface area (Å²) in [5.41, 5.74) is 10.8. The summed E-state index contributed by atoms with van der Waals surface area (Å²) in [6.07, 6.45) is 5.30. The molecule has 0 aliphatic rings. The quantitative estimate of drug-likeness (QED) is 0.590. The Morgan fingerprint density at radius 2 is 1.83 bits per heavy atom. The second-order valence-corrected chi connectivity index (χ2v) is 5.41. The van der Waals surface area contributed by atoms with Crippen molar-refractivity contribution in [2.24, 2.45) is 0 Å². The van der Waals surface area contributed by atoms with E-state index in [4.69, 9.17) is 5.73 Å². The summed E-state index contributed by atoms with van der Waals surface area (Å²) in [7, 11) is 0. The van der Waals surface area contributed by atoms with Crippen LogP contribution in [0.1, 0.15) is 5.56 Å². The van der Waals surface area contributed by atoms with Gasteiger partial charge < -0.3 is 10.7 Å². The number of aromatic amines is 1. The molecule has 1 aromatic carbocycles. The van der Waals surface area contributed by atoms with Crippen LogP contribution in [-0.4, -0.2) is 15.0 Å². The molecule has 24 heavy (non-hydrogen) atoms. The van der Waals surface area contributed by atoms with Crippen molar-refractivity contribution < 1.29 is 0 Å². The number of hydrogen-bond donors (Lipinski definition) is 2. The molecule has 0 radical (unpaired) electrons. The first-order valence-electron chi connectivity index (χ1n) is 7.45. The van der Waals surface area contributed by atoms with Crippen LogP contribution in [0.15, 0.2) is 61.1 Å². The maximum atomic E-state index is 9.46. The molecule has 4 rings (SSSR count). The number of rotatable bonds is 2. The average molecular weight is 311 g/mol. The predicted molar refractivity (Wildman–Crippen MR) is 93.9 cm³/mol. The number of nitrogen functional groups attached to an aromatic ring is 1. The van der Waals surface area contributed by atoms with Crippen LogP contribution in [0.4, 0.5) is 5.82 Å². The molecule has 0 saturated heterocycles. The summed E-state index contributed by atoms with van der Waals surface area (Å²) in [5.74, 6) is 0.229. The average Bonchev–Trinajstić information content (AvgIpc) is 3.06. The molecule has 3 N–H and O–H groups in total. The number of fused-ring (bicyclic) bond motifs is 1. The molecule has 0 spiro atoms. The monoisotopic (exact) mass is 311 g/mol. The fourth-order valence-corrected chi connectivity index (χ4v) is 2.86. The van der Waals surface area contributed by atoms with E-state index in [1.807, 2.05) is 48.7 Å². The Bertz CT molecular complexity index is 1070. The van der Waals surface area contributed by atoms with Gasteiger partial charge in [-0.05, 0) is 29.8 Å². The normalized spacial score (nSPS) is 10.6. The number of para-hydroxylation sites is 1. The van der Waals surface area contributed by atoms with E-state index in [1.165, 1.54) is 0 Å². The lowest BCUT2D eigenvalue weighted by Crippen LogP contribution is -1.99. The summed E-state index contributed by atoms with van der Waals surface area (Å²) in [6, 6.07) is 15.8. The highest BCUT2D eigenvalue weighted by atomic mass is 14.9. The second kappa shape index (κ2) is 5.52. The first-order valence-corrected chi connectivity index (χ1v) is 7.45. The lowest BCUT2D eigenvalue weighted by atomic mass is 9.99. The number of hydrogen-bond acceptors (Lipinski definition) is 4. The Morgan fingerprint density at radius 1 is 1.04 bits per heavy atom. The largest absolute Gasteiger partial charge is 0.383 e. The minimum absolute atomic E-state index is 0.229. The van der Waals surface area contributed by atoms with E-state index >= 15 is 0 Å². The van der Waals surface area contributed by atoms with Gasteiger partial charge in [0.25, 0.3) is 0 Å². The minimum atomic E-state index is 0.229. The zero-order valence-corrected chi connectivity index (χ0v) is 12.7. The highest BCUT2D eigenvalue weighted by Crippen LogP contribution is 2.33. The van der Waals surface area contributed by atoms with Crippen molar-refractivity contribution in [3.63, 3.8) is 0 Å². The second-order valence-electron chi connectivity index (χ2n) is 5.41. The first kappa shape index (κ1) is 14.0. The summed E-state index contributed by atoms with van der Waals surface area (Å²) < 4.78 is 0. The van der Waals surface area contributed by atoms with E-state index in [0.29, 0.717) is 5.56 Å². The number of nitrogens with two attached hydrogens (primary N) is 1. The third kappa shape index (κ3) is 2.18. The summed E-state index contributed by atoms with van der Waals surface area (Å²) in [4.78, 5) is 11.7. The number of pyridine rings is 2. The molecule has 0 bridgehead atoms. The smallest absolute Gasteiger partial charge is 0.142 e. The maximum Gasteiger partial charge on any atom is 0.142 e. The van der Waals surface area contributed by atoms with Gasteiger partial charge in [0.15, 0.2) is 0 Å². The van der Waals surface area contributed by atoms with E-state index < -0.39 is 0 Å². The van der Waals surface area contributed by atoms with E-state index in [9.17, 15) is 5.26 Å². The fourth-order valence-electron chi connectivity index (χ4n) is 2.86. The van der Waals surface area contributed by atoms with Gasteiger partial charge in [-0.25, -0.2) is 4.98 Å². The van der Waals surface area contributed by atoms with Crippen LogP contribution in [0.25, 0.3) is 33.3 Å². The van der Waals surface area contributed by atoms with Crippen LogP contribution in [0.5, 0.6) is 0 Å². The number of benzene rings is 1. The Hall–Kier alpha value is -3.65. The van der Waals surface area contributed by atoms with Crippen molar-refractivity contribution in [1.82, 2.24) is 15.0 Å². The molecule has 0 aliphatic heterocycles. The molecule has 0 unspecified atom stereocenters. The summed E-state index contributed by atoms with van der Waals surface area (Å²) in [6.45, 7) is 0. The van der Waals surface area contributed by atoms with Crippen LogP contribution in [0, 0.1) is 11.3 Å². The summed E-state index contributed by atoms with van der Waals surface area (Å²) >= 11 is 0. The number of nitrogens with zero attached hydrogens (tertiary/aromatic N) is 3. The lowest BCUT2D eigenvalue weighted by molar-refractivity contribution is 1.30. The van der Waals surface area contributed by atoms with E-state index in [0.717, 1.165) is 33.3 Å². The van der Waals surface area contributed by atoms with Crippen molar-refractivity contribution in [2.75, 3.05) is 5.73 Å². The molecule has 3 aromatic heterocycles. The molecule has 5 heteroatoms. The molecular weight excluding hydrogens is 298 g/mol. The predicted octanol–water partition coefficient (Wildman–Crippen LogP) is 3.75. The standard InChI is InChI=1S/C19H13N5/c20-10-15-14(12-5-7-22-8-6-12)9-18(24-19(15)21)16-11-23-17-4-2-1-3-13(16)17/h1-9,11,23H,(H2,21,24). The number of H-pyrrole nitrogens is 1. The van der Waals surface area contributed by atoms with Gasteiger partial charge >= 0.3 is 0 Å². The topological polar surface area (TPSA) is 91.4 Å². The zero-order chi connectivity index (χ0) is 16.5. The number of nitrogens with one attached hydrogen (secondary N) is 1. The molecular formula is C19H13N5. The van der Waals surface area contributed by atoms with Crippen molar-refractivity contribution in [2.45, 2.75) is 0 Å². The highest BCUT2D eigenvalue weighted by Gasteiger charge is 2.15. The van der Waals surface area contributed by atoms with Gasteiger partial charge in [0.1, 0.15) is 17.5 Å². The van der Waals surface area contributed by atoms with Gasteiger partial charge in [0, 0.05) is 40.6 Å². The molecule has 3 heterocycles. The number of nitriles is 1. The van der Waals surface area contributed by atoms with E-state index in [-0.39, 0.29) is 5.82 Å². The van der Waals surface area contributed by atoms with E-state index in [2.05, 4.69) is 21.0 Å².